The Hall–Kier alpha value is -3.83. The summed E-state index contributed by atoms with van der Waals surface area (Å²) in [5, 5.41) is 5.63. The molecule has 3 aromatic rings. The van der Waals surface area contributed by atoms with Crippen LogP contribution in [0.25, 0.3) is 11.4 Å². The number of piperazine rings is 1. The lowest BCUT2D eigenvalue weighted by molar-refractivity contribution is 0.122. The molecule has 1 aromatic carbocycles. The first kappa shape index (κ1) is 23.9. The molecule has 188 valence electrons. The summed E-state index contributed by atoms with van der Waals surface area (Å²) in [6.45, 7) is 7.70. The number of benzene rings is 1. The van der Waals surface area contributed by atoms with Gasteiger partial charge in [0.15, 0.2) is 5.82 Å². The summed E-state index contributed by atoms with van der Waals surface area (Å²) in [5.74, 6) is 1.98. The van der Waals surface area contributed by atoms with Gasteiger partial charge in [0, 0.05) is 68.1 Å². The second-order valence-corrected chi connectivity index (χ2v) is 9.03. The maximum Gasteiger partial charge on any atom is 0.323 e. The second kappa shape index (κ2) is 10.8. The highest BCUT2D eigenvalue weighted by Crippen LogP contribution is 2.25. The summed E-state index contributed by atoms with van der Waals surface area (Å²) in [6, 6.07) is 11.1. The van der Waals surface area contributed by atoms with Crippen LogP contribution in [0.3, 0.4) is 0 Å². The fraction of sp³-hybridized carbons (Fsp3) is 0.400. The van der Waals surface area contributed by atoms with Crippen LogP contribution in [0, 0.1) is 0 Å². The molecular weight excluding hydrogens is 458 g/mol. The average Bonchev–Trinajstić information content (AvgIpc) is 2.91. The van der Waals surface area contributed by atoms with Gasteiger partial charge in [-0.2, -0.15) is 15.0 Å². The van der Waals surface area contributed by atoms with Crippen molar-refractivity contribution in [2.45, 2.75) is 13.0 Å². The minimum Gasteiger partial charge on any atom is -0.378 e. The van der Waals surface area contributed by atoms with E-state index >= 15 is 0 Å². The third-order valence-corrected chi connectivity index (χ3v) is 6.49. The summed E-state index contributed by atoms with van der Waals surface area (Å²) in [5.41, 5.74) is 2.20. The Morgan fingerprint density at radius 1 is 0.861 bits per heavy atom. The number of urea groups is 1. The Labute approximate surface area is 210 Å². The van der Waals surface area contributed by atoms with E-state index < -0.39 is 0 Å². The van der Waals surface area contributed by atoms with Crippen LogP contribution in [-0.2, 0) is 4.74 Å². The van der Waals surface area contributed by atoms with Gasteiger partial charge < -0.3 is 30.1 Å². The Balaban J connectivity index is 1.36. The molecule has 11 nitrogen and oxygen atoms in total. The number of hydrogen-bond acceptors (Lipinski definition) is 9. The highest BCUT2D eigenvalue weighted by molar-refractivity contribution is 5.99. The van der Waals surface area contributed by atoms with Gasteiger partial charge >= 0.3 is 6.03 Å². The van der Waals surface area contributed by atoms with Gasteiger partial charge in [0.05, 0.1) is 13.2 Å². The molecule has 36 heavy (non-hydrogen) atoms. The number of pyridine rings is 1. The lowest BCUT2D eigenvalue weighted by Gasteiger charge is -2.38. The number of nitrogens with zero attached hydrogens (tertiary/aromatic N) is 7. The maximum atomic E-state index is 12.3. The number of hydrogen-bond donors (Lipinski definition) is 2. The van der Waals surface area contributed by atoms with Crippen molar-refractivity contribution in [2.24, 2.45) is 0 Å². The molecule has 1 unspecified atom stereocenters. The minimum absolute atomic E-state index is 0.324. The standard InChI is InChI=1S/C25H31N9O2/c1-18-17-34(12-11-32(18)2)24-30-22(29-23(31-24)33-13-15-36-16-14-33)19-3-5-20(6-4-19)27-25(35)28-21-7-9-26-10-8-21/h3-10,18H,11-17H2,1-2H3,(H2,26,27,28,35). The third kappa shape index (κ3) is 5.69. The molecular formula is C25H31N9O2. The lowest BCUT2D eigenvalue weighted by atomic mass is 10.2. The molecule has 1 atom stereocenters. The zero-order valence-electron chi connectivity index (χ0n) is 20.6. The number of morpholine rings is 1. The van der Waals surface area contributed by atoms with Gasteiger partial charge in [0.25, 0.3) is 0 Å². The minimum atomic E-state index is -0.324. The van der Waals surface area contributed by atoms with Crippen molar-refractivity contribution in [3.63, 3.8) is 0 Å². The third-order valence-electron chi connectivity index (χ3n) is 6.49. The van der Waals surface area contributed by atoms with Gasteiger partial charge in [-0.1, -0.05) is 0 Å². The number of ether oxygens (including phenoxy) is 1. The van der Waals surface area contributed by atoms with Crippen molar-refractivity contribution in [3.05, 3.63) is 48.8 Å². The molecule has 2 aliphatic rings. The monoisotopic (exact) mass is 489 g/mol. The smallest absolute Gasteiger partial charge is 0.323 e. The molecule has 0 saturated carbocycles. The predicted molar refractivity (Wildman–Crippen MR) is 139 cm³/mol. The van der Waals surface area contributed by atoms with Crippen molar-refractivity contribution in [3.8, 4) is 11.4 Å². The van der Waals surface area contributed by atoms with E-state index in [1.54, 1.807) is 24.5 Å². The summed E-state index contributed by atoms with van der Waals surface area (Å²) in [4.78, 5) is 37.5. The van der Waals surface area contributed by atoms with Gasteiger partial charge in [0.1, 0.15) is 0 Å². The van der Waals surface area contributed by atoms with E-state index in [-0.39, 0.29) is 6.03 Å². The van der Waals surface area contributed by atoms with Gasteiger partial charge in [-0.25, -0.2) is 4.79 Å². The molecule has 0 bridgehead atoms. The number of rotatable bonds is 5. The number of aromatic nitrogens is 4. The molecule has 2 aromatic heterocycles. The number of amides is 2. The van der Waals surface area contributed by atoms with E-state index in [9.17, 15) is 4.79 Å². The number of nitrogens with one attached hydrogen (secondary N) is 2. The van der Waals surface area contributed by atoms with Gasteiger partial charge in [-0.3, -0.25) is 4.98 Å². The molecule has 2 amide bonds. The first-order valence-corrected chi connectivity index (χ1v) is 12.2. The molecule has 2 fully saturated rings. The molecule has 0 spiro atoms. The quantitative estimate of drug-likeness (QED) is 0.558. The van der Waals surface area contributed by atoms with Crippen molar-refractivity contribution in [1.82, 2.24) is 24.8 Å². The summed E-state index contributed by atoms with van der Waals surface area (Å²) < 4.78 is 5.52. The van der Waals surface area contributed by atoms with Crippen LogP contribution in [0.15, 0.2) is 48.8 Å². The average molecular weight is 490 g/mol. The van der Waals surface area contributed by atoms with Crippen LogP contribution < -0.4 is 20.4 Å². The Morgan fingerprint density at radius 3 is 2.17 bits per heavy atom. The number of carbonyl (C=O) groups excluding carboxylic acids is 1. The molecule has 0 aliphatic carbocycles. The molecule has 2 saturated heterocycles. The molecule has 0 radical (unpaired) electrons. The number of likely N-dealkylation sites (N-methyl/N-ethyl adjacent to an activating group) is 1. The van der Waals surface area contributed by atoms with Crippen LogP contribution in [0.2, 0.25) is 0 Å². The van der Waals surface area contributed by atoms with Crippen LogP contribution in [0.1, 0.15) is 6.92 Å². The summed E-state index contributed by atoms with van der Waals surface area (Å²) in [6.07, 6.45) is 3.25. The normalized spacial score (nSPS) is 18.7. The molecule has 4 heterocycles. The van der Waals surface area contributed by atoms with Crippen LogP contribution in [0.5, 0.6) is 0 Å². The van der Waals surface area contributed by atoms with Gasteiger partial charge in [-0.05, 0) is 50.4 Å². The number of anilines is 4. The summed E-state index contributed by atoms with van der Waals surface area (Å²) >= 11 is 0. The van der Waals surface area contributed by atoms with Crippen molar-refractivity contribution in [2.75, 3.05) is 73.4 Å². The van der Waals surface area contributed by atoms with E-state index in [0.29, 0.717) is 48.4 Å². The second-order valence-electron chi connectivity index (χ2n) is 9.03. The highest BCUT2D eigenvalue weighted by atomic mass is 16.5. The Kier molecular flexibility index (Phi) is 7.19. The maximum absolute atomic E-state index is 12.3. The molecule has 11 heteroatoms. The Bertz CT molecular complexity index is 1170. The zero-order chi connectivity index (χ0) is 24.9. The number of carbonyl (C=O) groups is 1. The van der Waals surface area contributed by atoms with Crippen LogP contribution in [0.4, 0.5) is 28.1 Å². The highest BCUT2D eigenvalue weighted by Gasteiger charge is 2.25. The molecule has 5 rings (SSSR count). The fourth-order valence-corrected chi connectivity index (χ4v) is 4.19. The van der Waals surface area contributed by atoms with Gasteiger partial charge in [0.2, 0.25) is 11.9 Å². The van der Waals surface area contributed by atoms with E-state index in [0.717, 1.165) is 38.3 Å². The zero-order valence-corrected chi connectivity index (χ0v) is 20.6. The topological polar surface area (TPSA) is 112 Å². The largest absolute Gasteiger partial charge is 0.378 e. The van der Waals surface area contributed by atoms with E-state index in [1.165, 1.54) is 0 Å². The first-order chi connectivity index (χ1) is 17.5. The first-order valence-electron chi connectivity index (χ1n) is 12.2. The molecule has 2 aliphatic heterocycles. The van der Waals surface area contributed by atoms with E-state index in [2.05, 4.69) is 44.3 Å². The Morgan fingerprint density at radius 2 is 1.50 bits per heavy atom. The van der Waals surface area contributed by atoms with Crippen LogP contribution >= 0.6 is 0 Å². The van der Waals surface area contributed by atoms with Crippen LogP contribution in [-0.4, -0.2) is 89.9 Å². The van der Waals surface area contributed by atoms with E-state index in [4.69, 9.17) is 19.7 Å². The SMILES string of the molecule is CC1CN(c2nc(-c3ccc(NC(=O)Nc4ccncc4)cc3)nc(N3CCOCC3)n2)CCN1C. The van der Waals surface area contributed by atoms with Crippen molar-refractivity contribution >= 4 is 29.3 Å². The summed E-state index contributed by atoms with van der Waals surface area (Å²) in [7, 11) is 2.15. The fourth-order valence-electron chi connectivity index (χ4n) is 4.19. The molecule has 2 N–H and O–H groups in total. The van der Waals surface area contributed by atoms with Crippen molar-refractivity contribution < 1.29 is 9.53 Å². The lowest BCUT2D eigenvalue weighted by Crippen LogP contribution is -2.50. The van der Waals surface area contributed by atoms with E-state index in [1.807, 2.05) is 24.3 Å². The van der Waals surface area contributed by atoms with Gasteiger partial charge in [-0.15, -0.1) is 0 Å². The predicted octanol–water partition coefficient (Wildman–Crippen LogP) is 2.55. The van der Waals surface area contributed by atoms with Crippen molar-refractivity contribution in [1.29, 1.82) is 0 Å².